The Kier molecular flexibility index (Phi) is 7.20. The zero-order chi connectivity index (χ0) is 14.9. The second-order valence-corrected chi connectivity index (χ2v) is 6.22. The lowest BCUT2D eigenvalue weighted by atomic mass is 9.99. The summed E-state index contributed by atoms with van der Waals surface area (Å²) in [4.78, 5) is 2.58. The van der Waals surface area contributed by atoms with Gasteiger partial charge in [-0.15, -0.1) is 0 Å². The van der Waals surface area contributed by atoms with E-state index in [-0.39, 0.29) is 0 Å². The average molecular weight is 290 g/mol. The number of hydrogen-bond donors (Lipinski definition) is 1. The van der Waals surface area contributed by atoms with Gasteiger partial charge in [-0.25, -0.2) is 0 Å². The molecule has 1 aromatic carbocycles. The fraction of sp³-hybridized carbons (Fsp3) is 0.667. The summed E-state index contributed by atoms with van der Waals surface area (Å²) in [5.41, 5.74) is 1.50. The predicted octanol–water partition coefficient (Wildman–Crippen LogP) is 2.88. The number of rotatable bonds is 9. The van der Waals surface area contributed by atoms with Crippen molar-refractivity contribution in [2.24, 2.45) is 0 Å². The van der Waals surface area contributed by atoms with Gasteiger partial charge < -0.3 is 15.0 Å². The van der Waals surface area contributed by atoms with Crippen LogP contribution in [0.3, 0.4) is 0 Å². The molecular weight excluding hydrogens is 260 g/mol. The van der Waals surface area contributed by atoms with E-state index in [1.807, 2.05) is 0 Å². The Hall–Kier alpha value is -0.900. The minimum Gasteiger partial charge on any atom is -0.379 e. The van der Waals surface area contributed by atoms with Crippen LogP contribution in [0.25, 0.3) is 0 Å². The van der Waals surface area contributed by atoms with Gasteiger partial charge in [-0.1, -0.05) is 30.3 Å². The molecule has 1 heterocycles. The molecule has 3 nitrogen and oxygen atoms in total. The fourth-order valence-electron chi connectivity index (χ4n) is 2.91. The van der Waals surface area contributed by atoms with Crippen LogP contribution in [0.4, 0.5) is 0 Å². The van der Waals surface area contributed by atoms with E-state index >= 15 is 0 Å². The highest BCUT2D eigenvalue weighted by molar-refractivity contribution is 5.20. The topological polar surface area (TPSA) is 24.5 Å². The minimum absolute atomic E-state index is 0.351. The summed E-state index contributed by atoms with van der Waals surface area (Å²) >= 11 is 0. The third kappa shape index (κ3) is 6.16. The van der Waals surface area contributed by atoms with Crippen LogP contribution in [0.15, 0.2) is 30.3 Å². The van der Waals surface area contributed by atoms with Gasteiger partial charge in [-0.05, 0) is 51.3 Å². The molecule has 0 aromatic heterocycles. The summed E-state index contributed by atoms with van der Waals surface area (Å²) < 4.78 is 5.53. The number of nitrogens with zero attached hydrogens (tertiary/aromatic N) is 1. The van der Waals surface area contributed by atoms with Crippen LogP contribution in [-0.4, -0.2) is 50.3 Å². The van der Waals surface area contributed by atoms with Crippen LogP contribution < -0.4 is 5.32 Å². The molecule has 0 radical (unpaired) electrons. The van der Waals surface area contributed by atoms with E-state index in [1.165, 1.54) is 25.1 Å². The third-order valence-corrected chi connectivity index (χ3v) is 4.10. The Morgan fingerprint density at radius 1 is 1.24 bits per heavy atom. The highest BCUT2D eigenvalue weighted by Gasteiger charge is 2.22. The summed E-state index contributed by atoms with van der Waals surface area (Å²) in [5, 5.41) is 3.52. The van der Waals surface area contributed by atoms with Crippen LogP contribution in [-0.2, 0) is 4.74 Å². The zero-order valence-electron chi connectivity index (χ0n) is 13.6. The Labute approximate surface area is 129 Å². The molecule has 1 aromatic rings. The normalized spacial score (nSPS) is 19.5. The average Bonchev–Trinajstić information content (AvgIpc) is 2.96. The van der Waals surface area contributed by atoms with E-state index in [0.717, 1.165) is 38.6 Å². The second kappa shape index (κ2) is 9.19. The van der Waals surface area contributed by atoms with Gasteiger partial charge in [0.1, 0.15) is 0 Å². The van der Waals surface area contributed by atoms with Crippen molar-refractivity contribution in [2.75, 3.05) is 39.3 Å². The van der Waals surface area contributed by atoms with E-state index in [0.29, 0.717) is 6.10 Å². The van der Waals surface area contributed by atoms with Gasteiger partial charge in [0.25, 0.3) is 0 Å². The molecule has 0 amide bonds. The lowest BCUT2D eigenvalue weighted by Gasteiger charge is -2.16. The third-order valence-electron chi connectivity index (χ3n) is 4.10. The van der Waals surface area contributed by atoms with Gasteiger partial charge in [0.2, 0.25) is 0 Å². The lowest BCUT2D eigenvalue weighted by molar-refractivity contribution is 0.0770. The molecule has 2 rings (SSSR count). The summed E-state index contributed by atoms with van der Waals surface area (Å²) in [6.07, 6.45) is 2.75. The van der Waals surface area contributed by atoms with Crippen molar-refractivity contribution in [3.8, 4) is 0 Å². The molecular formula is C18H30N2O. The molecule has 1 atom stereocenters. The fourth-order valence-corrected chi connectivity index (χ4v) is 2.91. The summed E-state index contributed by atoms with van der Waals surface area (Å²) in [6.45, 7) is 10.8. The summed E-state index contributed by atoms with van der Waals surface area (Å²) in [5.74, 6) is 0.727. The first-order valence-corrected chi connectivity index (χ1v) is 8.35. The number of hydrogen-bond acceptors (Lipinski definition) is 3. The molecule has 1 N–H and O–H groups in total. The number of ether oxygens (including phenoxy) is 1. The first-order chi connectivity index (χ1) is 10.3. The number of nitrogens with one attached hydrogen (secondary N) is 1. The largest absolute Gasteiger partial charge is 0.379 e. The SMILES string of the molecule is CC(C)OCCCNCCN1CCC(c2ccccc2)C1. The van der Waals surface area contributed by atoms with Crippen molar-refractivity contribution < 1.29 is 4.74 Å². The van der Waals surface area contributed by atoms with Gasteiger partial charge in [0.15, 0.2) is 0 Å². The Balaban J connectivity index is 1.53. The van der Waals surface area contributed by atoms with Crippen molar-refractivity contribution in [3.05, 3.63) is 35.9 Å². The van der Waals surface area contributed by atoms with Crippen molar-refractivity contribution in [1.29, 1.82) is 0 Å². The molecule has 1 fully saturated rings. The molecule has 1 aliphatic rings. The molecule has 21 heavy (non-hydrogen) atoms. The molecule has 1 aliphatic heterocycles. The molecule has 1 saturated heterocycles. The van der Waals surface area contributed by atoms with Gasteiger partial charge in [0.05, 0.1) is 6.10 Å². The first kappa shape index (κ1) is 16.5. The zero-order valence-corrected chi connectivity index (χ0v) is 13.6. The van der Waals surface area contributed by atoms with Crippen LogP contribution in [0.1, 0.15) is 38.2 Å². The van der Waals surface area contributed by atoms with E-state index in [4.69, 9.17) is 4.74 Å². The van der Waals surface area contributed by atoms with Crippen molar-refractivity contribution in [1.82, 2.24) is 10.2 Å². The Morgan fingerprint density at radius 3 is 2.81 bits per heavy atom. The Morgan fingerprint density at radius 2 is 2.05 bits per heavy atom. The predicted molar refractivity (Wildman–Crippen MR) is 88.8 cm³/mol. The van der Waals surface area contributed by atoms with Gasteiger partial charge in [-0.2, -0.15) is 0 Å². The maximum atomic E-state index is 5.53. The van der Waals surface area contributed by atoms with E-state index < -0.39 is 0 Å². The number of likely N-dealkylation sites (tertiary alicyclic amines) is 1. The molecule has 0 saturated carbocycles. The van der Waals surface area contributed by atoms with Gasteiger partial charge >= 0.3 is 0 Å². The number of benzene rings is 1. The minimum atomic E-state index is 0.351. The highest BCUT2D eigenvalue weighted by Crippen LogP contribution is 2.26. The van der Waals surface area contributed by atoms with Crippen molar-refractivity contribution in [2.45, 2.75) is 38.7 Å². The summed E-state index contributed by atoms with van der Waals surface area (Å²) in [7, 11) is 0. The van der Waals surface area contributed by atoms with Crippen LogP contribution in [0, 0.1) is 0 Å². The smallest absolute Gasteiger partial charge is 0.0518 e. The van der Waals surface area contributed by atoms with Crippen LogP contribution in [0.2, 0.25) is 0 Å². The molecule has 118 valence electrons. The highest BCUT2D eigenvalue weighted by atomic mass is 16.5. The van der Waals surface area contributed by atoms with Gasteiger partial charge in [0, 0.05) is 26.2 Å². The maximum absolute atomic E-state index is 5.53. The lowest BCUT2D eigenvalue weighted by Crippen LogP contribution is -2.31. The van der Waals surface area contributed by atoms with Crippen molar-refractivity contribution >= 4 is 0 Å². The first-order valence-electron chi connectivity index (χ1n) is 8.35. The van der Waals surface area contributed by atoms with E-state index in [9.17, 15) is 0 Å². The quantitative estimate of drug-likeness (QED) is 0.708. The molecule has 1 unspecified atom stereocenters. The molecule has 0 spiro atoms. The van der Waals surface area contributed by atoms with Crippen LogP contribution in [0.5, 0.6) is 0 Å². The molecule has 0 aliphatic carbocycles. The molecule has 0 bridgehead atoms. The maximum Gasteiger partial charge on any atom is 0.0518 e. The standard InChI is InChI=1S/C18H30N2O/c1-16(2)21-14-6-10-19-11-13-20-12-9-18(15-20)17-7-4-3-5-8-17/h3-5,7-8,16,18-19H,6,9-15H2,1-2H3. The van der Waals surface area contributed by atoms with E-state index in [1.54, 1.807) is 0 Å². The second-order valence-electron chi connectivity index (χ2n) is 6.22. The summed E-state index contributed by atoms with van der Waals surface area (Å²) in [6, 6.07) is 10.9. The monoisotopic (exact) mass is 290 g/mol. The van der Waals surface area contributed by atoms with E-state index in [2.05, 4.69) is 54.4 Å². The van der Waals surface area contributed by atoms with Crippen LogP contribution >= 0.6 is 0 Å². The Bertz CT molecular complexity index is 380. The van der Waals surface area contributed by atoms with Crippen molar-refractivity contribution in [3.63, 3.8) is 0 Å². The molecule has 3 heteroatoms. The van der Waals surface area contributed by atoms with Gasteiger partial charge in [-0.3, -0.25) is 0 Å².